The number of allylic oxidation sites excluding steroid dienone is 1. The number of ether oxygens (including phenoxy) is 1. The summed E-state index contributed by atoms with van der Waals surface area (Å²) in [5, 5.41) is 6.17. The molecule has 2 aromatic heterocycles. The molecule has 2 amide bonds. The van der Waals surface area contributed by atoms with Crippen LogP contribution in [0.1, 0.15) is 39.5 Å². The maximum atomic E-state index is 13.5. The number of rotatable bonds is 8. The van der Waals surface area contributed by atoms with Crippen LogP contribution in [0.15, 0.2) is 73.2 Å². The maximum Gasteiger partial charge on any atom is 0.413 e. The number of benzene rings is 1. The minimum Gasteiger partial charge on any atom is -0.452 e. The molecule has 3 heterocycles. The molecular weight excluding hydrogens is 461 g/mol. The number of nitrogens with zero attached hydrogens (tertiary/aromatic N) is 3. The number of amides is 2. The van der Waals surface area contributed by atoms with E-state index in [9.17, 15) is 14.0 Å². The Kier molecular flexibility index (Phi) is 8.23. The number of nitrogens with one attached hydrogen (secondary N) is 2. The molecule has 1 aliphatic heterocycles. The number of hydrogen-bond donors (Lipinski definition) is 2. The molecule has 1 unspecified atom stereocenters. The van der Waals surface area contributed by atoms with Gasteiger partial charge < -0.3 is 15.4 Å². The van der Waals surface area contributed by atoms with Crippen LogP contribution in [-0.2, 0) is 17.7 Å². The van der Waals surface area contributed by atoms with Gasteiger partial charge in [0.2, 0.25) is 0 Å². The Bertz CT molecular complexity index is 1240. The fraction of sp³-hybridized carbons (Fsp3) is 0.259. The first-order valence-electron chi connectivity index (χ1n) is 11.7. The van der Waals surface area contributed by atoms with Crippen LogP contribution < -0.4 is 10.6 Å². The van der Waals surface area contributed by atoms with Crippen molar-refractivity contribution in [3.63, 3.8) is 0 Å². The Labute approximate surface area is 209 Å². The summed E-state index contributed by atoms with van der Waals surface area (Å²) in [5.74, 6) is -0.103. The third-order valence-electron chi connectivity index (χ3n) is 5.90. The second-order valence-corrected chi connectivity index (χ2v) is 8.38. The summed E-state index contributed by atoms with van der Waals surface area (Å²) >= 11 is 0. The predicted octanol–water partition coefficient (Wildman–Crippen LogP) is 4.27. The summed E-state index contributed by atoms with van der Waals surface area (Å²) in [6.45, 7) is 1.32. The molecule has 3 aromatic rings. The van der Waals surface area contributed by atoms with Crippen molar-refractivity contribution in [2.24, 2.45) is 0 Å². The minimum absolute atomic E-state index is 0.0119. The number of carbonyl (C=O) groups excluding carboxylic acids is 2. The van der Waals surface area contributed by atoms with Gasteiger partial charge in [-0.3, -0.25) is 14.7 Å². The van der Waals surface area contributed by atoms with Crippen molar-refractivity contribution in [3.8, 4) is 0 Å². The van der Waals surface area contributed by atoms with E-state index in [4.69, 9.17) is 9.72 Å². The first-order chi connectivity index (χ1) is 17.5. The third kappa shape index (κ3) is 6.44. The number of carbonyl (C=O) groups is 2. The standard InChI is InChI=1S/C27H28FN5O3/c1-36-27(35)33-14-10-21(11-15-33)24-8-7-23(26(34)31-18-20-5-3-12-29-17-20)25(32-24)30-13-9-19-4-2-6-22(28)16-19/h2-8,10,12,14,16-17,21H,9,11,13,15,18H2,1H3,(H,30,32)(H,31,34). The highest BCUT2D eigenvalue weighted by atomic mass is 19.1. The van der Waals surface area contributed by atoms with E-state index >= 15 is 0 Å². The van der Waals surface area contributed by atoms with Crippen molar-refractivity contribution >= 4 is 17.8 Å². The second-order valence-electron chi connectivity index (χ2n) is 8.38. The monoisotopic (exact) mass is 489 g/mol. The predicted molar refractivity (Wildman–Crippen MR) is 134 cm³/mol. The lowest BCUT2D eigenvalue weighted by atomic mass is 9.97. The van der Waals surface area contributed by atoms with Crippen molar-refractivity contribution < 1.29 is 18.7 Å². The Balaban J connectivity index is 1.51. The Morgan fingerprint density at radius 2 is 2.03 bits per heavy atom. The lowest BCUT2D eigenvalue weighted by Gasteiger charge is -2.25. The topological polar surface area (TPSA) is 96.5 Å². The number of anilines is 1. The summed E-state index contributed by atoms with van der Waals surface area (Å²) in [5.41, 5.74) is 2.93. The normalized spacial score (nSPS) is 14.8. The van der Waals surface area contributed by atoms with Crippen LogP contribution in [-0.4, -0.2) is 47.1 Å². The lowest BCUT2D eigenvalue weighted by Crippen LogP contribution is -2.30. The van der Waals surface area contributed by atoms with Crippen molar-refractivity contribution in [1.82, 2.24) is 20.2 Å². The molecule has 8 nitrogen and oxygen atoms in total. The number of pyridine rings is 2. The SMILES string of the molecule is COC(=O)N1C=CC(c2ccc(C(=O)NCc3cccnc3)c(NCCc3cccc(F)c3)n2)CC1. The van der Waals surface area contributed by atoms with Gasteiger partial charge in [0.05, 0.1) is 12.7 Å². The Morgan fingerprint density at radius 3 is 2.75 bits per heavy atom. The van der Waals surface area contributed by atoms with E-state index in [0.29, 0.717) is 43.9 Å². The van der Waals surface area contributed by atoms with E-state index in [1.54, 1.807) is 30.7 Å². The van der Waals surface area contributed by atoms with Gasteiger partial charge in [0.15, 0.2) is 0 Å². The number of methoxy groups -OCH3 is 1. The Morgan fingerprint density at radius 1 is 1.17 bits per heavy atom. The van der Waals surface area contributed by atoms with Gasteiger partial charge in [0, 0.05) is 49.8 Å². The number of aromatic nitrogens is 2. The van der Waals surface area contributed by atoms with Gasteiger partial charge in [-0.15, -0.1) is 0 Å². The molecule has 2 N–H and O–H groups in total. The molecule has 0 fully saturated rings. The van der Waals surface area contributed by atoms with E-state index in [0.717, 1.165) is 16.8 Å². The fourth-order valence-electron chi connectivity index (χ4n) is 3.97. The zero-order valence-corrected chi connectivity index (χ0v) is 20.0. The molecular formula is C27H28FN5O3. The molecule has 9 heteroatoms. The maximum absolute atomic E-state index is 13.5. The van der Waals surface area contributed by atoms with Crippen LogP contribution in [0.25, 0.3) is 0 Å². The van der Waals surface area contributed by atoms with E-state index < -0.39 is 6.09 Å². The molecule has 0 saturated carbocycles. The summed E-state index contributed by atoms with van der Waals surface area (Å²) in [7, 11) is 1.35. The van der Waals surface area contributed by atoms with Crippen molar-refractivity contribution in [1.29, 1.82) is 0 Å². The third-order valence-corrected chi connectivity index (χ3v) is 5.90. The zero-order chi connectivity index (χ0) is 25.3. The highest BCUT2D eigenvalue weighted by Crippen LogP contribution is 2.27. The highest BCUT2D eigenvalue weighted by Gasteiger charge is 2.22. The molecule has 4 rings (SSSR count). The van der Waals surface area contributed by atoms with Crippen molar-refractivity contribution in [3.05, 3.63) is 101 Å². The molecule has 36 heavy (non-hydrogen) atoms. The fourth-order valence-corrected chi connectivity index (χ4v) is 3.97. The van der Waals surface area contributed by atoms with E-state index in [1.165, 1.54) is 24.1 Å². The summed E-state index contributed by atoms with van der Waals surface area (Å²) in [6.07, 6.45) is 7.82. The van der Waals surface area contributed by atoms with Crippen LogP contribution in [0.2, 0.25) is 0 Å². The number of halogens is 1. The quantitative estimate of drug-likeness (QED) is 0.491. The minimum atomic E-state index is -0.405. The van der Waals surface area contributed by atoms with E-state index in [2.05, 4.69) is 15.6 Å². The smallest absolute Gasteiger partial charge is 0.413 e. The molecule has 1 aliphatic rings. The van der Waals surface area contributed by atoms with Crippen molar-refractivity contribution in [2.45, 2.75) is 25.3 Å². The van der Waals surface area contributed by atoms with E-state index in [-0.39, 0.29) is 17.6 Å². The van der Waals surface area contributed by atoms with Crippen LogP contribution in [0.4, 0.5) is 15.0 Å². The van der Waals surface area contributed by atoms with Gasteiger partial charge >= 0.3 is 6.09 Å². The van der Waals surface area contributed by atoms with Crippen LogP contribution in [0, 0.1) is 5.82 Å². The van der Waals surface area contributed by atoms with Gasteiger partial charge in [-0.1, -0.05) is 24.3 Å². The lowest BCUT2D eigenvalue weighted by molar-refractivity contribution is 0.0951. The van der Waals surface area contributed by atoms with Gasteiger partial charge in [-0.25, -0.2) is 14.2 Å². The highest BCUT2D eigenvalue weighted by molar-refractivity contribution is 5.98. The second kappa shape index (κ2) is 11.9. The largest absolute Gasteiger partial charge is 0.452 e. The summed E-state index contributed by atoms with van der Waals surface area (Å²) < 4.78 is 18.3. The van der Waals surface area contributed by atoms with Gasteiger partial charge in [0.1, 0.15) is 11.6 Å². The van der Waals surface area contributed by atoms with Gasteiger partial charge in [0.25, 0.3) is 5.91 Å². The molecule has 1 aromatic carbocycles. The zero-order valence-electron chi connectivity index (χ0n) is 20.0. The summed E-state index contributed by atoms with van der Waals surface area (Å²) in [6, 6.07) is 13.7. The Hall–Kier alpha value is -4.27. The van der Waals surface area contributed by atoms with Crippen LogP contribution in [0.3, 0.4) is 0 Å². The molecule has 0 bridgehead atoms. The molecule has 0 radical (unpaired) electrons. The van der Waals surface area contributed by atoms with E-state index in [1.807, 2.05) is 30.3 Å². The van der Waals surface area contributed by atoms with Gasteiger partial charge in [-0.05, 0) is 54.3 Å². The average molecular weight is 490 g/mol. The van der Waals surface area contributed by atoms with Gasteiger partial charge in [-0.2, -0.15) is 0 Å². The molecule has 0 aliphatic carbocycles. The molecule has 1 atom stereocenters. The average Bonchev–Trinajstić information content (AvgIpc) is 2.92. The van der Waals surface area contributed by atoms with Crippen LogP contribution >= 0.6 is 0 Å². The van der Waals surface area contributed by atoms with Crippen LogP contribution in [0.5, 0.6) is 0 Å². The molecule has 186 valence electrons. The molecule has 0 saturated heterocycles. The molecule has 0 spiro atoms. The number of hydrogen-bond acceptors (Lipinski definition) is 6. The van der Waals surface area contributed by atoms with Crippen molar-refractivity contribution in [2.75, 3.05) is 25.5 Å². The summed E-state index contributed by atoms with van der Waals surface area (Å²) in [4.78, 5) is 35.1. The first-order valence-corrected chi connectivity index (χ1v) is 11.7. The first kappa shape index (κ1) is 24.8.